The van der Waals surface area contributed by atoms with E-state index in [1.807, 2.05) is 0 Å². The average molecular weight is 391 g/mol. The van der Waals surface area contributed by atoms with Gasteiger partial charge >= 0.3 is 0 Å². The van der Waals surface area contributed by atoms with Crippen LogP contribution in [0, 0.1) is 41.4 Å². The van der Waals surface area contributed by atoms with Crippen LogP contribution in [0.2, 0.25) is 0 Å². The average Bonchev–Trinajstić information content (AvgIpc) is 2.73. The molecule has 0 aliphatic heterocycles. The van der Waals surface area contributed by atoms with Crippen LogP contribution in [0.1, 0.15) is 123 Å². The number of hydrogen-bond acceptors (Lipinski definition) is 1. The predicted octanol–water partition coefficient (Wildman–Crippen LogP) is 8.00. The highest BCUT2D eigenvalue weighted by Gasteiger charge is 2.36. The third-order valence-electron chi connectivity index (χ3n) is 9.04. The maximum absolute atomic E-state index is 9.36. The van der Waals surface area contributed by atoms with Crippen molar-refractivity contribution in [1.29, 1.82) is 0 Å². The molecule has 3 aliphatic rings. The Balaban J connectivity index is 1.30. The highest BCUT2D eigenvalue weighted by molar-refractivity contribution is 4.87. The molecule has 1 N–H and O–H groups in total. The lowest BCUT2D eigenvalue weighted by atomic mass is 9.63. The van der Waals surface area contributed by atoms with Crippen LogP contribution in [0.5, 0.6) is 0 Å². The van der Waals surface area contributed by atoms with Crippen molar-refractivity contribution in [3.8, 4) is 0 Å². The molecule has 5 atom stereocenters. The largest absolute Gasteiger partial charge is 0.396 e. The molecule has 5 unspecified atom stereocenters. The third kappa shape index (κ3) is 7.03. The van der Waals surface area contributed by atoms with E-state index >= 15 is 0 Å². The lowest BCUT2D eigenvalue weighted by molar-refractivity contribution is 0.0785. The van der Waals surface area contributed by atoms with Crippen molar-refractivity contribution in [2.75, 3.05) is 6.61 Å². The fourth-order valence-electron chi connectivity index (χ4n) is 7.17. The molecule has 3 aliphatic carbocycles. The smallest absolute Gasteiger partial charge is 0.0456 e. The van der Waals surface area contributed by atoms with E-state index < -0.39 is 0 Å². The van der Waals surface area contributed by atoms with E-state index in [0.717, 1.165) is 35.5 Å². The maximum atomic E-state index is 9.36. The van der Waals surface area contributed by atoms with Crippen LogP contribution in [0.25, 0.3) is 0 Å². The van der Waals surface area contributed by atoms with Gasteiger partial charge in [-0.1, -0.05) is 90.9 Å². The summed E-state index contributed by atoms with van der Waals surface area (Å²) in [6.45, 7) is 4.93. The minimum absolute atomic E-state index is 0.382. The Kier molecular flexibility index (Phi) is 9.68. The molecule has 3 saturated carbocycles. The van der Waals surface area contributed by atoms with E-state index in [0.29, 0.717) is 12.5 Å². The third-order valence-corrected chi connectivity index (χ3v) is 9.04. The SMILES string of the molecule is CCCCCC1CCC(CCC2CCC3CC(CC(C)CO)CCC3C2)CC1. The van der Waals surface area contributed by atoms with Gasteiger partial charge in [0.1, 0.15) is 0 Å². The summed E-state index contributed by atoms with van der Waals surface area (Å²) in [5.74, 6) is 6.69. The zero-order valence-electron chi connectivity index (χ0n) is 19.2. The fourth-order valence-corrected chi connectivity index (χ4v) is 7.17. The van der Waals surface area contributed by atoms with Gasteiger partial charge in [-0.15, -0.1) is 0 Å². The van der Waals surface area contributed by atoms with E-state index in [-0.39, 0.29) is 0 Å². The van der Waals surface area contributed by atoms with E-state index in [2.05, 4.69) is 13.8 Å². The molecule has 0 amide bonds. The minimum atomic E-state index is 0.382. The molecule has 3 fully saturated rings. The molecule has 0 spiro atoms. The van der Waals surface area contributed by atoms with E-state index in [4.69, 9.17) is 0 Å². The van der Waals surface area contributed by atoms with Gasteiger partial charge in [0.15, 0.2) is 0 Å². The van der Waals surface area contributed by atoms with Crippen LogP contribution in [0.15, 0.2) is 0 Å². The van der Waals surface area contributed by atoms with Gasteiger partial charge in [0.25, 0.3) is 0 Å². The van der Waals surface area contributed by atoms with E-state index in [1.165, 1.54) is 77.0 Å². The maximum Gasteiger partial charge on any atom is 0.0456 e. The summed E-state index contributed by atoms with van der Waals surface area (Å²) in [5, 5.41) is 9.36. The van der Waals surface area contributed by atoms with E-state index in [1.54, 1.807) is 32.1 Å². The molecule has 0 heterocycles. The number of aliphatic hydroxyl groups is 1. The van der Waals surface area contributed by atoms with Gasteiger partial charge in [0.2, 0.25) is 0 Å². The van der Waals surface area contributed by atoms with Crippen molar-refractivity contribution in [3.05, 3.63) is 0 Å². The van der Waals surface area contributed by atoms with Crippen molar-refractivity contribution in [2.45, 2.75) is 123 Å². The van der Waals surface area contributed by atoms with Crippen LogP contribution in [0.4, 0.5) is 0 Å². The van der Waals surface area contributed by atoms with Crippen molar-refractivity contribution < 1.29 is 5.11 Å². The fraction of sp³-hybridized carbons (Fsp3) is 1.00. The van der Waals surface area contributed by atoms with Crippen molar-refractivity contribution in [3.63, 3.8) is 0 Å². The lowest BCUT2D eigenvalue weighted by Crippen LogP contribution is -2.32. The highest BCUT2D eigenvalue weighted by atomic mass is 16.3. The summed E-state index contributed by atoms with van der Waals surface area (Å²) in [5.41, 5.74) is 0. The number of unbranched alkanes of at least 4 members (excludes halogenated alkanes) is 2. The van der Waals surface area contributed by atoms with Crippen molar-refractivity contribution in [1.82, 2.24) is 0 Å². The topological polar surface area (TPSA) is 20.2 Å². The standard InChI is InChI=1S/C27H50O/c1-3-4-5-6-22-7-9-23(10-8-22)11-12-24-13-15-27-19-25(17-21(2)20-28)14-16-26(27)18-24/h21-28H,3-20H2,1-2H3. The van der Waals surface area contributed by atoms with Crippen LogP contribution in [0.3, 0.4) is 0 Å². The first-order valence-corrected chi connectivity index (χ1v) is 13.3. The molecule has 0 aromatic heterocycles. The molecule has 1 nitrogen and oxygen atoms in total. The van der Waals surface area contributed by atoms with Gasteiger partial charge in [-0.2, -0.15) is 0 Å². The number of hydrogen-bond donors (Lipinski definition) is 1. The minimum Gasteiger partial charge on any atom is -0.396 e. The summed E-state index contributed by atoms with van der Waals surface area (Å²) >= 11 is 0. The normalized spacial score (nSPS) is 37.4. The summed E-state index contributed by atoms with van der Waals surface area (Å²) < 4.78 is 0. The summed E-state index contributed by atoms with van der Waals surface area (Å²) in [7, 11) is 0. The van der Waals surface area contributed by atoms with Gasteiger partial charge in [0, 0.05) is 6.61 Å². The molecule has 0 bridgehead atoms. The van der Waals surface area contributed by atoms with Crippen molar-refractivity contribution >= 4 is 0 Å². The monoisotopic (exact) mass is 390 g/mol. The Labute approximate surface area is 176 Å². The van der Waals surface area contributed by atoms with E-state index in [9.17, 15) is 5.11 Å². The highest BCUT2D eigenvalue weighted by Crippen LogP contribution is 2.47. The molecular formula is C27H50O. The Bertz CT molecular complexity index is 410. The first-order chi connectivity index (χ1) is 13.7. The second-order valence-electron chi connectivity index (χ2n) is 11.4. The first kappa shape index (κ1) is 22.6. The molecule has 0 radical (unpaired) electrons. The number of fused-ring (bicyclic) bond motifs is 1. The van der Waals surface area contributed by atoms with Crippen LogP contribution in [-0.2, 0) is 0 Å². The summed E-state index contributed by atoms with van der Waals surface area (Å²) in [6, 6.07) is 0. The Morgan fingerprint density at radius 1 is 0.679 bits per heavy atom. The van der Waals surface area contributed by atoms with Gasteiger partial charge < -0.3 is 5.11 Å². The van der Waals surface area contributed by atoms with Crippen LogP contribution in [-0.4, -0.2) is 11.7 Å². The second-order valence-corrected chi connectivity index (χ2v) is 11.4. The zero-order valence-corrected chi connectivity index (χ0v) is 19.2. The van der Waals surface area contributed by atoms with Gasteiger partial charge in [-0.05, 0) is 73.5 Å². The van der Waals surface area contributed by atoms with Crippen LogP contribution < -0.4 is 0 Å². The zero-order chi connectivity index (χ0) is 19.8. The number of rotatable bonds is 10. The molecule has 0 aromatic carbocycles. The Morgan fingerprint density at radius 2 is 1.21 bits per heavy atom. The first-order valence-electron chi connectivity index (χ1n) is 13.3. The number of aliphatic hydroxyl groups excluding tert-OH is 1. The molecule has 28 heavy (non-hydrogen) atoms. The quantitative estimate of drug-likeness (QED) is 0.374. The Hall–Kier alpha value is -0.0400. The molecular weight excluding hydrogens is 340 g/mol. The molecule has 1 heteroatoms. The van der Waals surface area contributed by atoms with Crippen LogP contribution >= 0.6 is 0 Å². The van der Waals surface area contributed by atoms with Gasteiger partial charge in [-0.25, -0.2) is 0 Å². The summed E-state index contributed by atoms with van der Waals surface area (Å²) in [6.07, 6.45) is 25.3. The predicted molar refractivity (Wildman–Crippen MR) is 121 cm³/mol. The van der Waals surface area contributed by atoms with Gasteiger partial charge in [-0.3, -0.25) is 0 Å². The molecule has 0 saturated heterocycles. The molecule has 164 valence electrons. The second kappa shape index (κ2) is 12.0. The van der Waals surface area contributed by atoms with Gasteiger partial charge in [0.05, 0.1) is 0 Å². The Morgan fingerprint density at radius 3 is 1.86 bits per heavy atom. The molecule has 0 aromatic rings. The van der Waals surface area contributed by atoms with Crippen molar-refractivity contribution in [2.24, 2.45) is 41.4 Å². The lowest BCUT2D eigenvalue weighted by Gasteiger charge is -2.43. The molecule has 3 rings (SSSR count). The summed E-state index contributed by atoms with van der Waals surface area (Å²) in [4.78, 5) is 0.